The Morgan fingerprint density at radius 3 is 2.53 bits per heavy atom. The van der Waals surface area contributed by atoms with Gasteiger partial charge in [0.15, 0.2) is 0 Å². The highest BCUT2D eigenvalue weighted by Gasteiger charge is 2.23. The molecule has 0 radical (unpaired) electrons. The fraction of sp³-hybridized carbons (Fsp3) is 0.467. The molecule has 0 unspecified atom stereocenters. The fourth-order valence-electron chi connectivity index (χ4n) is 1.65. The van der Waals surface area contributed by atoms with E-state index in [0.717, 1.165) is 5.56 Å². The molecule has 0 heterocycles. The predicted octanol–water partition coefficient (Wildman–Crippen LogP) is 2.55. The van der Waals surface area contributed by atoms with Crippen LogP contribution in [0.4, 0.5) is 5.69 Å². The van der Waals surface area contributed by atoms with Gasteiger partial charge in [0.05, 0.1) is 6.61 Å². The molecule has 0 aliphatic carbocycles. The first-order valence-electron chi connectivity index (χ1n) is 6.51. The lowest BCUT2D eigenvalue weighted by Crippen LogP contribution is -2.38. The minimum Gasteiger partial charge on any atom is -0.458 e. The first kappa shape index (κ1) is 15.2. The number of hydrogen-bond donors (Lipinski definition) is 0. The van der Waals surface area contributed by atoms with Crippen LogP contribution < -0.4 is 4.90 Å². The zero-order valence-electron chi connectivity index (χ0n) is 12.0. The minimum atomic E-state index is -0.794. The van der Waals surface area contributed by atoms with Crippen molar-refractivity contribution in [3.05, 3.63) is 29.8 Å². The number of hydrogen-bond acceptors (Lipinski definition) is 3. The van der Waals surface area contributed by atoms with Crippen LogP contribution in [0.3, 0.4) is 0 Å². The Bertz CT molecular complexity index is 454. The SMILES string of the molecule is CCN(C(=O)C(=O)OCC(C)C)c1cccc(C)c1. The maximum atomic E-state index is 12.0. The number of likely N-dealkylation sites (N-methyl/N-ethyl adjacent to an activating group) is 1. The van der Waals surface area contributed by atoms with E-state index in [0.29, 0.717) is 12.2 Å². The van der Waals surface area contributed by atoms with Gasteiger partial charge in [-0.05, 0) is 37.5 Å². The lowest BCUT2D eigenvalue weighted by atomic mass is 10.2. The number of rotatable bonds is 4. The Morgan fingerprint density at radius 1 is 1.32 bits per heavy atom. The van der Waals surface area contributed by atoms with Crippen molar-refractivity contribution >= 4 is 17.6 Å². The third-order valence-electron chi connectivity index (χ3n) is 2.60. The van der Waals surface area contributed by atoms with Crippen LogP contribution >= 0.6 is 0 Å². The second kappa shape index (κ2) is 6.92. The van der Waals surface area contributed by atoms with Gasteiger partial charge in [-0.1, -0.05) is 26.0 Å². The van der Waals surface area contributed by atoms with E-state index < -0.39 is 11.9 Å². The van der Waals surface area contributed by atoms with Crippen molar-refractivity contribution < 1.29 is 14.3 Å². The normalized spacial score (nSPS) is 10.4. The number of anilines is 1. The molecule has 4 heteroatoms. The highest BCUT2D eigenvalue weighted by Crippen LogP contribution is 2.16. The molecule has 0 aromatic heterocycles. The monoisotopic (exact) mass is 263 g/mol. The Morgan fingerprint density at radius 2 is 2.00 bits per heavy atom. The Kier molecular flexibility index (Phi) is 5.55. The molecule has 0 aliphatic rings. The third kappa shape index (κ3) is 4.39. The molecular formula is C15H21NO3. The second-order valence-corrected chi connectivity index (χ2v) is 4.88. The summed E-state index contributed by atoms with van der Waals surface area (Å²) in [6.07, 6.45) is 0. The molecule has 0 fully saturated rings. The number of benzene rings is 1. The van der Waals surface area contributed by atoms with Crippen molar-refractivity contribution in [2.45, 2.75) is 27.7 Å². The Balaban J connectivity index is 2.79. The largest absolute Gasteiger partial charge is 0.458 e. The highest BCUT2D eigenvalue weighted by atomic mass is 16.5. The summed E-state index contributed by atoms with van der Waals surface area (Å²) in [6, 6.07) is 7.49. The number of carbonyl (C=O) groups is 2. The van der Waals surface area contributed by atoms with Crippen molar-refractivity contribution in [1.82, 2.24) is 0 Å². The van der Waals surface area contributed by atoms with Crippen LogP contribution in [0.15, 0.2) is 24.3 Å². The van der Waals surface area contributed by atoms with E-state index in [1.807, 2.05) is 52.0 Å². The number of carbonyl (C=O) groups excluding carboxylic acids is 2. The minimum absolute atomic E-state index is 0.214. The molecule has 4 nitrogen and oxygen atoms in total. The van der Waals surface area contributed by atoms with Crippen molar-refractivity contribution in [2.24, 2.45) is 5.92 Å². The van der Waals surface area contributed by atoms with E-state index >= 15 is 0 Å². The molecule has 1 aromatic carbocycles. The lowest BCUT2D eigenvalue weighted by molar-refractivity contribution is -0.154. The van der Waals surface area contributed by atoms with E-state index in [1.165, 1.54) is 4.90 Å². The summed E-state index contributed by atoms with van der Waals surface area (Å²) < 4.78 is 4.97. The van der Waals surface area contributed by atoms with Crippen molar-refractivity contribution in [1.29, 1.82) is 0 Å². The molecular weight excluding hydrogens is 242 g/mol. The Labute approximate surface area is 114 Å². The molecule has 0 saturated carbocycles. The van der Waals surface area contributed by atoms with Crippen molar-refractivity contribution in [2.75, 3.05) is 18.1 Å². The maximum Gasteiger partial charge on any atom is 0.397 e. The van der Waals surface area contributed by atoms with Gasteiger partial charge < -0.3 is 9.64 Å². The topological polar surface area (TPSA) is 46.6 Å². The zero-order valence-corrected chi connectivity index (χ0v) is 12.0. The Hall–Kier alpha value is -1.84. The first-order valence-corrected chi connectivity index (χ1v) is 6.51. The van der Waals surface area contributed by atoms with Crippen LogP contribution in [0.1, 0.15) is 26.3 Å². The van der Waals surface area contributed by atoms with Crippen LogP contribution in [0.5, 0.6) is 0 Å². The summed E-state index contributed by atoms with van der Waals surface area (Å²) in [5, 5.41) is 0. The predicted molar refractivity (Wildman–Crippen MR) is 75.0 cm³/mol. The van der Waals surface area contributed by atoms with Crippen LogP contribution in [-0.4, -0.2) is 25.0 Å². The van der Waals surface area contributed by atoms with E-state index in [4.69, 9.17) is 4.74 Å². The molecule has 1 rings (SSSR count). The highest BCUT2D eigenvalue weighted by molar-refractivity contribution is 6.38. The van der Waals surface area contributed by atoms with E-state index in [9.17, 15) is 9.59 Å². The third-order valence-corrected chi connectivity index (χ3v) is 2.60. The van der Waals surface area contributed by atoms with E-state index in [1.54, 1.807) is 0 Å². The molecule has 0 N–H and O–H groups in total. The van der Waals surface area contributed by atoms with Gasteiger partial charge in [-0.15, -0.1) is 0 Å². The summed E-state index contributed by atoms with van der Waals surface area (Å²) in [6.45, 7) is 8.32. The molecule has 104 valence electrons. The number of esters is 1. The quantitative estimate of drug-likeness (QED) is 0.619. The zero-order chi connectivity index (χ0) is 14.4. The van der Waals surface area contributed by atoms with Crippen LogP contribution in [0, 0.1) is 12.8 Å². The molecule has 1 amide bonds. The summed E-state index contributed by atoms with van der Waals surface area (Å²) in [4.78, 5) is 25.2. The summed E-state index contributed by atoms with van der Waals surface area (Å²) in [5.74, 6) is -1.20. The van der Waals surface area contributed by atoms with Gasteiger partial charge in [-0.3, -0.25) is 4.79 Å². The molecule has 0 spiro atoms. The number of aryl methyl sites for hydroxylation is 1. The molecule has 1 aromatic rings. The van der Waals surface area contributed by atoms with Gasteiger partial charge in [-0.2, -0.15) is 0 Å². The molecule has 0 bridgehead atoms. The van der Waals surface area contributed by atoms with Crippen LogP contribution in [-0.2, 0) is 14.3 Å². The van der Waals surface area contributed by atoms with Gasteiger partial charge in [0.25, 0.3) is 0 Å². The van der Waals surface area contributed by atoms with Gasteiger partial charge in [-0.25, -0.2) is 4.79 Å². The molecule has 0 aliphatic heterocycles. The number of ether oxygens (including phenoxy) is 1. The van der Waals surface area contributed by atoms with Gasteiger partial charge in [0.1, 0.15) is 0 Å². The van der Waals surface area contributed by atoms with Crippen LogP contribution in [0.2, 0.25) is 0 Å². The molecule has 0 atom stereocenters. The summed E-state index contributed by atoms with van der Waals surface area (Å²) in [5.41, 5.74) is 1.76. The molecule has 0 saturated heterocycles. The fourth-order valence-corrected chi connectivity index (χ4v) is 1.65. The van der Waals surface area contributed by atoms with E-state index in [-0.39, 0.29) is 12.5 Å². The van der Waals surface area contributed by atoms with Gasteiger partial charge >= 0.3 is 11.9 Å². The molecule has 19 heavy (non-hydrogen) atoms. The van der Waals surface area contributed by atoms with Crippen molar-refractivity contribution in [3.8, 4) is 0 Å². The number of amides is 1. The first-order chi connectivity index (χ1) is 8.95. The lowest BCUT2D eigenvalue weighted by Gasteiger charge is -2.20. The second-order valence-electron chi connectivity index (χ2n) is 4.88. The van der Waals surface area contributed by atoms with Crippen molar-refractivity contribution in [3.63, 3.8) is 0 Å². The summed E-state index contributed by atoms with van der Waals surface area (Å²) in [7, 11) is 0. The summed E-state index contributed by atoms with van der Waals surface area (Å²) >= 11 is 0. The average Bonchev–Trinajstić information content (AvgIpc) is 2.36. The van der Waals surface area contributed by atoms with Gasteiger partial charge in [0, 0.05) is 12.2 Å². The smallest absolute Gasteiger partial charge is 0.397 e. The maximum absolute atomic E-state index is 12.0. The standard InChI is InChI=1S/C15H21NO3/c1-5-16(13-8-6-7-12(4)9-13)14(17)15(18)19-10-11(2)3/h6-9,11H,5,10H2,1-4H3. The van der Waals surface area contributed by atoms with E-state index in [2.05, 4.69) is 0 Å². The average molecular weight is 263 g/mol. The number of nitrogens with zero attached hydrogens (tertiary/aromatic N) is 1. The van der Waals surface area contributed by atoms with Crippen LogP contribution in [0.25, 0.3) is 0 Å². The van der Waals surface area contributed by atoms with Gasteiger partial charge in [0.2, 0.25) is 0 Å².